The maximum absolute atomic E-state index is 13.6. The van der Waals surface area contributed by atoms with Crippen LogP contribution in [0.5, 0.6) is 5.75 Å². The zero-order valence-electron chi connectivity index (χ0n) is 31.6. The van der Waals surface area contributed by atoms with Crippen molar-refractivity contribution in [2.45, 2.75) is 130 Å². The number of phenolic OH excluding ortho intramolecular Hbond substituents is 1. The Hall–Kier alpha value is -3.44. The topological polar surface area (TPSA) is 79.1 Å². The van der Waals surface area contributed by atoms with Crippen LogP contribution in [0.15, 0.2) is 59.6 Å². The molecule has 0 saturated carbocycles. The summed E-state index contributed by atoms with van der Waals surface area (Å²) in [5, 5.41) is 24.4. The van der Waals surface area contributed by atoms with Crippen molar-refractivity contribution in [1.82, 2.24) is 0 Å². The SMILES string of the molecule is COC(=O)c1ccc(O)c(C=NC(C(C)C)C(O)(c2cc(C(C)(C)C)cc(C(C)(C)C)c2)c2cc(C(C)(C)C)cc(C(C)(C)C)c2)c1. The molecule has 2 N–H and O–H groups in total. The van der Waals surface area contributed by atoms with Gasteiger partial charge >= 0.3 is 5.97 Å². The van der Waals surface area contributed by atoms with E-state index in [-0.39, 0.29) is 33.3 Å². The number of esters is 1. The molecule has 3 aromatic rings. The molecule has 0 amide bonds. The number of hydrogen-bond acceptors (Lipinski definition) is 5. The summed E-state index contributed by atoms with van der Waals surface area (Å²) in [6.45, 7) is 30.5. The fraction of sp³-hybridized carbons (Fsp3) is 0.524. The van der Waals surface area contributed by atoms with Crippen LogP contribution in [0.25, 0.3) is 0 Å². The van der Waals surface area contributed by atoms with Gasteiger partial charge in [-0.1, -0.05) is 133 Å². The molecule has 0 spiro atoms. The molecule has 0 saturated heterocycles. The van der Waals surface area contributed by atoms with Gasteiger partial charge in [-0.25, -0.2) is 4.79 Å². The second kappa shape index (κ2) is 13.2. The first-order valence-corrected chi connectivity index (χ1v) is 16.8. The van der Waals surface area contributed by atoms with Crippen molar-refractivity contribution in [3.05, 3.63) is 99.1 Å². The maximum atomic E-state index is 13.6. The van der Waals surface area contributed by atoms with Gasteiger partial charge in [-0.15, -0.1) is 0 Å². The summed E-state index contributed by atoms with van der Waals surface area (Å²) >= 11 is 0. The van der Waals surface area contributed by atoms with Crippen LogP contribution in [0.4, 0.5) is 0 Å². The molecule has 1 unspecified atom stereocenters. The van der Waals surface area contributed by atoms with Gasteiger partial charge in [0.15, 0.2) is 0 Å². The van der Waals surface area contributed by atoms with Gasteiger partial charge in [-0.2, -0.15) is 0 Å². The monoisotopic (exact) mass is 641 g/mol. The third kappa shape index (κ3) is 8.54. The third-order valence-corrected chi connectivity index (χ3v) is 9.09. The van der Waals surface area contributed by atoms with Crippen molar-refractivity contribution in [1.29, 1.82) is 0 Å². The Balaban J connectivity index is 2.52. The van der Waals surface area contributed by atoms with Gasteiger partial charge < -0.3 is 14.9 Å². The minimum absolute atomic E-state index is 0.0121. The summed E-state index contributed by atoms with van der Waals surface area (Å²) in [5.74, 6) is -0.629. The Labute approximate surface area is 284 Å². The summed E-state index contributed by atoms with van der Waals surface area (Å²) in [4.78, 5) is 17.4. The van der Waals surface area contributed by atoms with Crippen molar-refractivity contribution in [3.8, 4) is 5.75 Å². The van der Waals surface area contributed by atoms with Crippen molar-refractivity contribution < 1.29 is 19.7 Å². The molecule has 0 radical (unpaired) electrons. The predicted molar refractivity (Wildman–Crippen MR) is 196 cm³/mol. The highest BCUT2D eigenvalue weighted by molar-refractivity contribution is 5.93. The van der Waals surface area contributed by atoms with E-state index in [9.17, 15) is 15.0 Å². The van der Waals surface area contributed by atoms with Gasteiger partial charge in [0.2, 0.25) is 0 Å². The normalized spacial score (nSPS) is 14.1. The summed E-state index contributed by atoms with van der Waals surface area (Å²) in [6.07, 6.45) is 1.58. The minimum Gasteiger partial charge on any atom is -0.507 e. The number of nitrogens with zero attached hydrogens (tertiary/aromatic N) is 1. The number of phenols is 1. The van der Waals surface area contributed by atoms with Crippen molar-refractivity contribution in [3.63, 3.8) is 0 Å². The van der Waals surface area contributed by atoms with E-state index in [0.29, 0.717) is 11.1 Å². The Bertz CT molecular complexity index is 1480. The van der Waals surface area contributed by atoms with Crippen LogP contribution in [0, 0.1) is 5.92 Å². The molecule has 0 aliphatic heterocycles. The van der Waals surface area contributed by atoms with Gasteiger partial charge in [-0.3, -0.25) is 4.99 Å². The molecule has 256 valence electrons. The first-order chi connectivity index (χ1) is 21.3. The summed E-state index contributed by atoms with van der Waals surface area (Å²) in [7, 11) is 1.33. The highest BCUT2D eigenvalue weighted by Gasteiger charge is 2.44. The van der Waals surface area contributed by atoms with Crippen LogP contribution in [-0.2, 0) is 32.0 Å². The van der Waals surface area contributed by atoms with Gasteiger partial charge in [-0.05, 0) is 79.2 Å². The largest absolute Gasteiger partial charge is 0.507 e. The number of hydrogen-bond donors (Lipinski definition) is 2. The molecule has 0 aliphatic carbocycles. The maximum Gasteiger partial charge on any atom is 0.337 e. The number of ether oxygens (including phenoxy) is 1. The highest BCUT2D eigenvalue weighted by atomic mass is 16.5. The molecule has 3 aromatic carbocycles. The van der Waals surface area contributed by atoms with E-state index in [0.717, 1.165) is 33.4 Å². The number of rotatable bonds is 7. The Morgan fingerprint density at radius 2 is 1.02 bits per heavy atom. The molecule has 3 rings (SSSR count). The zero-order valence-corrected chi connectivity index (χ0v) is 31.6. The van der Waals surface area contributed by atoms with Crippen LogP contribution in [0.1, 0.15) is 146 Å². The van der Waals surface area contributed by atoms with Crippen LogP contribution in [-0.4, -0.2) is 35.5 Å². The van der Waals surface area contributed by atoms with Crippen LogP contribution in [0.3, 0.4) is 0 Å². The molecule has 5 heteroatoms. The summed E-state index contributed by atoms with van der Waals surface area (Å²) < 4.78 is 4.91. The first kappa shape index (κ1) is 38.0. The number of aliphatic imine (C=N–C) groups is 1. The standard InChI is InChI=1S/C42H59NO4/c1-26(2)36(43-25-28-18-27(37(45)47-15)16-17-35(28)44)42(46,33-21-29(38(3,4)5)19-30(22-33)39(6,7)8)34-23-31(40(9,10)11)20-32(24-34)41(12,13)14/h16-26,36,44,46H,1-15H3. The second-order valence-corrected chi connectivity index (χ2v) is 17.6. The average molecular weight is 642 g/mol. The molecule has 0 aromatic heterocycles. The number of aromatic hydroxyl groups is 1. The predicted octanol–water partition coefficient (Wildman–Crippen LogP) is 9.75. The number of benzene rings is 3. The van der Waals surface area contributed by atoms with Gasteiger partial charge in [0.25, 0.3) is 0 Å². The Morgan fingerprint density at radius 3 is 1.34 bits per heavy atom. The average Bonchev–Trinajstić information content (AvgIpc) is 2.95. The Kier molecular flexibility index (Phi) is 10.7. The van der Waals surface area contributed by atoms with Crippen molar-refractivity contribution in [2.24, 2.45) is 10.9 Å². The number of carbonyl (C=O) groups excluding carboxylic acids is 1. The van der Waals surface area contributed by atoms with E-state index in [1.807, 2.05) is 0 Å². The van der Waals surface area contributed by atoms with E-state index in [1.54, 1.807) is 12.3 Å². The number of methoxy groups -OCH3 is 1. The van der Waals surface area contributed by atoms with Crippen molar-refractivity contribution in [2.75, 3.05) is 7.11 Å². The van der Waals surface area contributed by atoms with Crippen LogP contribution in [0.2, 0.25) is 0 Å². The smallest absolute Gasteiger partial charge is 0.337 e. The fourth-order valence-electron chi connectivity index (χ4n) is 5.76. The molecule has 47 heavy (non-hydrogen) atoms. The quantitative estimate of drug-likeness (QED) is 0.199. The first-order valence-electron chi connectivity index (χ1n) is 16.8. The van der Waals surface area contributed by atoms with E-state index in [1.165, 1.54) is 19.2 Å². The molecule has 1 atom stereocenters. The molecule has 0 bridgehead atoms. The molecule has 0 heterocycles. The highest BCUT2D eigenvalue weighted by Crippen LogP contribution is 2.44. The summed E-state index contributed by atoms with van der Waals surface area (Å²) in [6, 6.07) is 17.0. The third-order valence-electron chi connectivity index (χ3n) is 9.09. The van der Waals surface area contributed by atoms with E-state index < -0.39 is 17.6 Å². The van der Waals surface area contributed by atoms with E-state index >= 15 is 0 Å². The van der Waals surface area contributed by atoms with Crippen LogP contribution < -0.4 is 0 Å². The van der Waals surface area contributed by atoms with Crippen LogP contribution >= 0.6 is 0 Å². The lowest BCUT2D eigenvalue weighted by Gasteiger charge is -2.40. The Morgan fingerprint density at radius 1 is 0.660 bits per heavy atom. The lowest BCUT2D eigenvalue weighted by Crippen LogP contribution is -2.44. The molecule has 0 fully saturated rings. The lowest BCUT2D eigenvalue weighted by molar-refractivity contribution is 0.0361. The lowest BCUT2D eigenvalue weighted by atomic mass is 9.70. The van der Waals surface area contributed by atoms with Gasteiger partial charge in [0, 0.05) is 11.8 Å². The molecular formula is C42H59NO4. The molecule has 0 aliphatic rings. The van der Waals surface area contributed by atoms with E-state index in [4.69, 9.17) is 9.73 Å². The van der Waals surface area contributed by atoms with Crippen molar-refractivity contribution >= 4 is 12.2 Å². The number of aliphatic hydroxyl groups is 1. The number of carbonyl (C=O) groups is 1. The minimum atomic E-state index is -1.55. The molecular weight excluding hydrogens is 582 g/mol. The zero-order chi connectivity index (χ0) is 35.9. The van der Waals surface area contributed by atoms with E-state index in [2.05, 4.69) is 133 Å². The second-order valence-electron chi connectivity index (χ2n) is 17.6. The fourth-order valence-corrected chi connectivity index (χ4v) is 5.76. The van der Waals surface area contributed by atoms with Gasteiger partial charge in [0.05, 0.1) is 18.7 Å². The summed E-state index contributed by atoms with van der Waals surface area (Å²) in [5.41, 5.74) is 4.56. The van der Waals surface area contributed by atoms with Gasteiger partial charge in [0.1, 0.15) is 11.4 Å². The molecule has 5 nitrogen and oxygen atoms in total.